The van der Waals surface area contributed by atoms with Crippen LogP contribution in [0.25, 0.3) is 0 Å². The Balaban J connectivity index is 2.63. The minimum atomic E-state index is -1.06. The summed E-state index contributed by atoms with van der Waals surface area (Å²) in [6.45, 7) is 2.97. The monoisotopic (exact) mass is 318 g/mol. The summed E-state index contributed by atoms with van der Waals surface area (Å²) < 4.78 is 0. The molecule has 0 unspecified atom stereocenters. The third kappa shape index (κ3) is 6.80. The number of carboxylic acid groups (broad SMARTS) is 1. The van der Waals surface area contributed by atoms with Crippen LogP contribution in [0, 0.1) is 11.3 Å². The Morgan fingerprint density at radius 3 is 2.74 bits per heavy atom. The van der Waals surface area contributed by atoms with Crippen LogP contribution in [0.5, 0.6) is 0 Å². The van der Waals surface area contributed by atoms with E-state index in [4.69, 9.17) is 10.4 Å². The first-order chi connectivity index (χ1) is 11.1. The maximum absolute atomic E-state index is 12.4. The molecular formula is C16H22N4O3. The molecule has 0 saturated heterocycles. The summed E-state index contributed by atoms with van der Waals surface area (Å²) in [6.07, 6.45) is 1.29. The van der Waals surface area contributed by atoms with Crippen molar-refractivity contribution in [3.05, 3.63) is 29.8 Å². The van der Waals surface area contributed by atoms with Crippen molar-refractivity contribution < 1.29 is 14.7 Å². The van der Waals surface area contributed by atoms with Gasteiger partial charge in [0.15, 0.2) is 0 Å². The van der Waals surface area contributed by atoms with Crippen molar-refractivity contribution in [2.75, 3.05) is 18.1 Å². The van der Waals surface area contributed by atoms with E-state index in [0.29, 0.717) is 43.6 Å². The van der Waals surface area contributed by atoms with Gasteiger partial charge in [-0.25, -0.2) is 15.2 Å². The highest BCUT2D eigenvalue weighted by Gasteiger charge is 2.15. The Hall–Kier alpha value is -2.59. The van der Waals surface area contributed by atoms with Gasteiger partial charge in [0, 0.05) is 19.5 Å². The molecule has 0 aliphatic heterocycles. The van der Waals surface area contributed by atoms with Crippen molar-refractivity contribution in [3.63, 3.8) is 0 Å². The minimum Gasteiger partial charge on any atom is -0.465 e. The lowest BCUT2D eigenvalue weighted by molar-refractivity contribution is -0.119. The molecule has 0 spiro atoms. The number of hydrogen-bond donors (Lipinski definition) is 3. The van der Waals surface area contributed by atoms with E-state index in [1.54, 1.807) is 24.3 Å². The van der Waals surface area contributed by atoms with E-state index in [1.165, 1.54) is 5.01 Å². The fourth-order valence-electron chi connectivity index (χ4n) is 1.97. The van der Waals surface area contributed by atoms with Crippen LogP contribution in [0.2, 0.25) is 0 Å². The molecule has 0 aliphatic rings. The smallest absolute Gasteiger partial charge is 0.404 e. The Morgan fingerprint density at radius 1 is 1.30 bits per heavy atom. The second kappa shape index (κ2) is 10.2. The zero-order valence-electron chi connectivity index (χ0n) is 13.2. The van der Waals surface area contributed by atoms with E-state index in [1.807, 2.05) is 6.92 Å². The first kappa shape index (κ1) is 18.5. The van der Waals surface area contributed by atoms with Crippen molar-refractivity contribution in [3.8, 4) is 6.07 Å². The van der Waals surface area contributed by atoms with E-state index in [9.17, 15) is 9.59 Å². The summed E-state index contributed by atoms with van der Waals surface area (Å²) in [5.74, 6) is -0.108. The molecule has 0 fully saturated rings. The molecule has 0 heterocycles. The van der Waals surface area contributed by atoms with Crippen molar-refractivity contribution in [2.45, 2.75) is 32.6 Å². The zero-order chi connectivity index (χ0) is 17.1. The number of rotatable bonds is 9. The number of amides is 2. The Labute approximate surface area is 135 Å². The normalized spacial score (nSPS) is 9.91. The number of hydrogen-bond acceptors (Lipinski definition) is 4. The van der Waals surface area contributed by atoms with E-state index >= 15 is 0 Å². The summed E-state index contributed by atoms with van der Waals surface area (Å²) in [4.78, 5) is 22.7. The molecule has 7 heteroatoms. The predicted octanol–water partition coefficient (Wildman–Crippen LogP) is 2.24. The molecule has 0 aromatic heterocycles. The number of carbonyl (C=O) groups is 2. The Morgan fingerprint density at radius 2 is 2.09 bits per heavy atom. The summed E-state index contributed by atoms with van der Waals surface area (Å²) in [5, 5.41) is 21.2. The van der Waals surface area contributed by atoms with Crippen LogP contribution >= 0.6 is 0 Å². The highest BCUT2D eigenvalue weighted by molar-refractivity contribution is 5.92. The number of hydrazine groups is 1. The summed E-state index contributed by atoms with van der Waals surface area (Å²) >= 11 is 0. The minimum absolute atomic E-state index is 0.108. The van der Waals surface area contributed by atoms with Crippen LogP contribution in [0.4, 0.5) is 10.5 Å². The van der Waals surface area contributed by atoms with Gasteiger partial charge < -0.3 is 10.4 Å². The van der Waals surface area contributed by atoms with Crippen LogP contribution in [-0.4, -0.2) is 30.2 Å². The summed E-state index contributed by atoms with van der Waals surface area (Å²) in [7, 11) is 0. The average molecular weight is 318 g/mol. The van der Waals surface area contributed by atoms with Crippen LogP contribution in [0.3, 0.4) is 0 Å². The van der Waals surface area contributed by atoms with E-state index in [2.05, 4.69) is 16.8 Å². The largest absolute Gasteiger partial charge is 0.465 e. The molecule has 1 aromatic rings. The third-order valence-corrected chi connectivity index (χ3v) is 3.10. The Kier molecular flexibility index (Phi) is 8.18. The second-order valence-corrected chi connectivity index (χ2v) is 4.99. The van der Waals surface area contributed by atoms with Gasteiger partial charge in [-0.3, -0.25) is 4.79 Å². The molecule has 0 saturated carbocycles. The van der Waals surface area contributed by atoms with Crippen molar-refractivity contribution in [2.24, 2.45) is 0 Å². The van der Waals surface area contributed by atoms with Crippen LogP contribution < -0.4 is 15.8 Å². The fraction of sp³-hybridized carbons (Fsp3) is 0.438. The number of nitrogens with zero attached hydrogens (tertiary/aromatic N) is 2. The molecule has 23 heavy (non-hydrogen) atoms. The molecule has 3 N–H and O–H groups in total. The average Bonchev–Trinajstić information content (AvgIpc) is 2.54. The lowest BCUT2D eigenvalue weighted by atomic mass is 10.2. The van der Waals surface area contributed by atoms with E-state index in [-0.39, 0.29) is 5.91 Å². The van der Waals surface area contributed by atoms with E-state index < -0.39 is 6.09 Å². The number of anilines is 1. The standard InChI is InChI=1S/C16H22N4O3/c1-2-9-19-20(14-7-5-6-13(11-14)12-17)15(21)8-3-4-10-18-16(22)23/h5-7,11,18-19H,2-4,8-10H2,1H3,(H,22,23). The van der Waals surface area contributed by atoms with Gasteiger partial charge in [-0.2, -0.15) is 5.26 Å². The lowest BCUT2D eigenvalue weighted by Crippen LogP contribution is -2.43. The molecular weight excluding hydrogens is 296 g/mol. The highest BCUT2D eigenvalue weighted by Crippen LogP contribution is 2.16. The molecule has 124 valence electrons. The summed E-state index contributed by atoms with van der Waals surface area (Å²) in [5.41, 5.74) is 4.18. The molecule has 1 rings (SSSR count). The third-order valence-electron chi connectivity index (χ3n) is 3.10. The van der Waals surface area contributed by atoms with Gasteiger partial charge in [-0.15, -0.1) is 0 Å². The molecule has 0 aliphatic carbocycles. The Bertz CT molecular complexity index is 569. The first-order valence-corrected chi connectivity index (χ1v) is 7.62. The van der Waals surface area contributed by atoms with Crippen LogP contribution in [0.1, 0.15) is 38.2 Å². The van der Waals surface area contributed by atoms with Crippen molar-refractivity contribution in [1.29, 1.82) is 5.26 Å². The molecule has 2 amide bonds. The molecule has 0 atom stereocenters. The van der Waals surface area contributed by atoms with Gasteiger partial charge in [0.1, 0.15) is 0 Å². The van der Waals surface area contributed by atoms with Gasteiger partial charge in [0.05, 0.1) is 17.3 Å². The maximum atomic E-state index is 12.4. The second-order valence-electron chi connectivity index (χ2n) is 4.99. The van der Waals surface area contributed by atoms with E-state index in [0.717, 1.165) is 6.42 Å². The zero-order valence-corrected chi connectivity index (χ0v) is 13.2. The SMILES string of the molecule is CCCNN(C(=O)CCCCNC(=O)O)c1cccc(C#N)c1. The lowest BCUT2D eigenvalue weighted by Gasteiger charge is -2.23. The van der Waals surface area contributed by atoms with Crippen molar-refractivity contribution >= 4 is 17.7 Å². The predicted molar refractivity (Wildman–Crippen MR) is 86.8 cm³/mol. The molecule has 0 bridgehead atoms. The maximum Gasteiger partial charge on any atom is 0.404 e. The van der Waals surface area contributed by atoms with Gasteiger partial charge in [-0.05, 0) is 37.5 Å². The quantitative estimate of drug-likeness (QED) is 0.478. The molecule has 7 nitrogen and oxygen atoms in total. The van der Waals surface area contributed by atoms with Crippen molar-refractivity contribution in [1.82, 2.24) is 10.7 Å². The number of nitrogens with one attached hydrogen (secondary N) is 2. The van der Waals surface area contributed by atoms with Gasteiger partial charge in [0.2, 0.25) is 5.91 Å². The number of carbonyl (C=O) groups excluding carboxylic acids is 1. The van der Waals surface area contributed by atoms with Gasteiger partial charge >= 0.3 is 6.09 Å². The topological polar surface area (TPSA) is 105 Å². The molecule has 1 aromatic carbocycles. The molecule has 0 radical (unpaired) electrons. The van der Waals surface area contributed by atoms with Crippen LogP contribution in [0.15, 0.2) is 24.3 Å². The summed E-state index contributed by atoms with van der Waals surface area (Å²) in [6, 6.07) is 8.91. The van der Waals surface area contributed by atoms with Gasteiger partial charge in [-0.1, -0.05) is 13.0 Å². The fourth-order valence-corrected chi connectivity index (χ4v) is 1.97. The number of nitriles is 1. The number of benzene rings is 1. The van der Waals surface area contributed by atoms with Gasteiger partial charge in [0.25, 0.3) is 0 Å². The van der Waals surface area contributed by atoms with Crippen LogP contribution in [-0.2, 0) is 4.79 Å². The highest BCUT2D eigenvalue weighted by atomic mass is 16.4. The first-order valence-electron chi connectivity index (χ1n) is 7.62. The number of unbranched alkanes of at least 4 members (excludes halogenated alkanes) is 1.